The number of benzene rings is 1. The quantitative estimate of drug-likeness (QED) is 0.0721. The number of nitro groups is 1. The van der Waals surface area contributed by atoms with E-state index in [-0.39, 0.29) is 11.4 Å². The lowest BCUT2D eigenvalue weighted by Crippen LogP contribution is -2.49. The topological polar surface area (TPSA) is 301 Å². The van der Waals surface area contributed by atoms with Gasteiger partial charge in [-0.05, 0) is 12.1 Å². The van der Waals surface area contributed by atoms with Gasteiger partial charge in [-0.1, -0.05) is 0 Å². The molecule has 43 heavy (non-hydrogen) atoms. The van der Waals surface area contributed by atoms with E-state index >= 15 is 0 Å². The standard InChI is InChI=1S/C24H35NO18/c26-5-10(29)17-13(32)14(33)22(39-17)43-21-15(34)18(11(30)6-27)40-24(21)42-20-16(35)23(41-19(20)12(31)7-28)38-9-3-1-8(2-4-9)25(36)37/h1-4,10-24,26-35H,5-7H2/t10-,11-,12-,13-,14-,15+,16-,17+,18+,19+,20-,21-,22+,23-,24+/m1/s1. The Bertz CT molecular complexity index is 1050. The molecule has 0 aliphatic carbocycles. The monoisotopic (exact) mass is 625 g/mol. The van der Waals surface area contributed by atoms with E-state index in [0.717, 1.165) is 12.1 Å². The summed E-state index contributed by atoms with van der Waals surface area (Å²) in [6, 6.07) is 4.72. The van der Waals surface area contributed by atoms with Crippen LogP contribution in [0.25, 0.3) is 0 Å². The highest BCUT2D eigenvalue weighted by Crippen LogP contribution is 2.36. The summed E-state index contributed by atoms with van der Waals surface area (Å²) < 4.78 is 33.4. The van der Waals surface area contributed by atoms with Gasteiger partial charge in [-0.2, -0.15) is 0 Å². The number of aliphatic hydroxyl groups is 10. The highest BCUT2D eigenvalue weighted by atomic mass is 16.8. The van der Waals surface area contributed by atoms with Crippen LogP contribution < -0.4 is 4.74 Å². The molecule has 15 atom stereocenters. The molecule has 4 rings (SSSR count). The maximum atomic E-state index is 11.0. The molecule has 3 fully saturated rings. The molecule has 10 N–H and O–H groups in total. The first kappa shape index (κ1) is 33.7. The molecule has 0 amide bonds. The zero-order valence-corrected chi connectivity index (χ0v) is 22.3. The largest absolute Gasteiger partial charge is 0.462 e. The predicted molar refractivity (Wildman–Crippen MR) is 133 cm³/mol. The van der Waals surface area contributed by atoms with Gasteiger partial charge in [-0.3, -0.25) is 10.1 Å². The van der Waals surface area contributed by atoms with Crippen LogP contribution in [0.15, 0.2) is 24.3 Å². The van der Waals surface area contributed by atoms with Crippen LogP contribution in [-0.4, -0.2) is 168 Å². The summed E-state index contributed by atoms with van der Waals surface area (Å²) in [7, 11) is 0. The van der Waals surface area contributed by atoms with Crippen LogP contribution in [0.4, 0.5) is 5.69 Å². The molecule has 3 heterocycles. The van der Waals surface area contributed by atoms with Crippen LogP contribution in [0.3, 0.4) is 0 Å². The Morgan fingerprint density at radius 2 is 1.16 bits per heavy atom. The molecule has 0 aromatic heterocycles. The number of ether oxygens (including phenoxy) is 6. The van der Waals surface area contributed by atoms with Crippen molar-refractivity contribution in [2.45, 2.75) is 92.1 Å². The lowest BCUT2D eigenvalue weighted by molar-refractivity contribution is -0.384. The summed E-state index contributed by atoms with van der Waals surface area (Å²) in [6.07, 6.45) is -24.8. The van der Waals surface area contributed by atoms with Crippen LogP contribution in [-0.2, 0) is 23.7 Å². The van der Waals surface area contributed by atoms with Gasteiger partial charge in [-0.15, -0.1) is 0 Å². The molecule has 0 unspecified atom stereocenters. The lowest BCUT2D eigenvalue weighted by Gasteiger charge is -2.30. The van der Waals surface area contributed by atoms with Crippen molar-refractivity contribution in [2.24, 2.45) is 0 Å². The zero-order chi connectivity index (χ0) is 31.6. The van der Waals surface area contributed by atoms with Crippen molar-refractivity contribution in [1.82, 2.24) is 0 Å². The molecule has 19 nitrogen and oxygen atoms in total. The van der Waals surface area contributed by atoms with Crippen molar-refractivity contribution in [1.29, 1.82) is 0 Å². The molecule has 0 bridgehead atoms. The van der Waals surface area contributed by atoms with Crippen LogP contribution in [0.1, 0.15) is 0 Å². The third-order valence-corrected chi connectivity index (χ3v) is 7.30. The molecule has 0 saturated carbocycles. The van der Waals surface area contributed by atoms with E-state index in [1.54, 1.807) is 0 Å². The van der Waals surface area contributed by atoms with Crippen LogP contribution >= 0.6 is 0 Å². The van der Waals surface area contributed by atoms with Gasteiger partial charge in [0, 0.05) is 12.1 Å². The van der Waals surface area contributed by atoms with Gasteiger partial charge in [0.2, 0.25) is 6.29 Å². The first-order valence-electron chi connectivity index (χ1n) is 13.2. The average molecular weight is 626 g/mol. The summed E-state index contributed by atoms with van der Waals surface area (Å²) >= 11 is 0. The maximum Gasteiger partial charge on any atom is 0.269 e. The second-order valence-electron chi connectivity index (χ2n) is 10.2. The first-order valence-corrected chi connectivity index (χ1v) is 13.2. The molecule has 0 radical (unpaired) electrons. The fourth-order valence-corrected chi connectivity index (χ4v) is 4.96. The summed E-state index contributed by atoms with van der Waals surface area (Å²) in [4.78, 5) is 10.3. The Labute approximate surface area is 242 Å². The summed E-state index contributed by atoms with van der Waals surface area (Å²) in [5.74, 6) is 0.0259. The summed E-state index contributed by atoms with van der Waals surface area (Å²) in [5.41, 5.74) is -0.237. The Morgan fingerprint density at radius 3 is 1.72 bits per heavy atom. The molecule has 3 saturated heterocycles. The molecule has 1 aromatic rings. The minimum atomic E-state index is -1.80. The van der Waals surface area contributed by atoms with E-state index in [1.807, 2.05) is 0 Å². The Morgan fingerprint density at radius 1 is 0.674 bits per heavy atom. The molecule has 244 valence electrons. The Hall–Kier alpha value is -2.18. The highest BCUT2D eigenvalue weighted by molar-refractivity contribution is 5.36. The minimum absolute atomic E-state index is 0.0259. The normalized spacial score (nSPS) is 40.0. The second kappa shape index (κ2) is 14.3. The van der Waals surface area contributed by atoms with Crippen molar-refractivity contribution >= 4 is 5.69 Å². The number of nitrogens with zero attached hydrogens (tertiary/aromatic N) is 1. The van der Waals surface area contributed by atoms with Gasteiger partial charge in [0.05, 0.1) is 24.7 Å². The number of hydrogen-bond acceptors (Lipinski definition) is 18. The molecule has 0 spiro atoms. The van der Waals surface area contributed by atoms with E-state index in [2.05, 4.69) is 0 Å². The molecule has 19 heteroatoms. The number of non-ortho nitro benzene ring substituents is 1. The van der Waals surface area contributed by atoms with Crippen molar-refractivity contribution in [3.8, 4) is 5.75 Å². The first-order chi connectivity index (χ1) is 20.4. The van der Waals surface area contributed by atoms with E-state index < -0.39 is 117 Å². The second-order valence-corrected chi connectivity index (χ2v) is 10.2. The molecular weight excluding hydrogens is 590 g/mol. The number of rotatable bonds is 13. The van der Waals surface area contributed by atoms with E-state index in [4.69, 9.17) is 28.4 Å². The van der Waals surface area contributed by atoms with E-state index in [9.17, 15) is 61.2 Å². The van der Waals surface area contributed by atoms with E-state index in [0.29, 0.717) is 0 Å². The maximum absolute atomic E-state index is 11.0. The van der Waals surface area contributed by atoms with Gasteiger partial charge in [0.1, 0.15) is 79.0 Å². The average Bonchev–Trinajstić information content (AvgIpc) is 3.59. The van der Waals surface area contributed by atoms with Gasteiger partial charge in [0.25, 0.3) is 5.69 Å². The van der Waals surface area contributed by atoms with Crippen LogP contribution in [0.5, 0.6) is 5.75 Å². The summed E-state index contributed by atoms with van der Waals surface area (Å²) in [5, 5.41) is 112. The van der Waals surface area contributed by atoms with Gasteiger partial charge < -0.3 is 79.5 Å². The SMILES string of the molecule is O=[N+]([O-])c1ccc(O[C@@H]2O[C@@H]([C@H](O)CO)[C@H](O[C@@H]3O[C@@H]([C@H](O)CO)[C@H](O)[C@H]3O[C@@H]3O[C@@H]([C@H](O)CO)[C@H](O)[C@H]3O)[C@H]2O)cc1. The van der Waals surface area contributed by atoms with Gasteiger partial charge >= 0.3 is 0 Å². The van der Waals surface area contributed by atoms with Gasteiger partial charge in [-0.25, -0.2) is 0 Å². The lowest BCUT2D eigenvalue weighted by atomic mass is 10.0. The fraction of sp³-hybridized carbons (Fsp3) is 0.750. The zero-order valence-electron chi connectivity index (χ0n) is 22.3. The molecule has 1 aromatic carbocycles. The smallest absolute Gasteiger partial charge is 0.269 e. The number of hydrogen-bond donors (Lipinski definition) is 10. The van der Waals surface area contributed by atoms with Crippen LogP contribution in [0.2, 0.25) is 0 Å². The van der Waals surface area contributed by atoms with E-state index in [1.165, 1.54) is 12.1 Å². The van der Waals surface area contributed by atoms with Crippen molar-refractivity contribution in [3.63, 3.8) is 0 Å². The highest BCUT2D eigenvalue weighted by Gasteiger charge is 2.57. The molecule has 3 aliphatic rings. The van der Waals surface area contributed by atoms with Gasteiger partial charge in [0.15, 0.2) is 12.6 Å². The summed E-state index contributed by atoms with van der Waals surface area (Å²) in [6.45, 7) is -2.57. The number of nitro benzene ring substituents is 1. The third-order valence-electron chi connectivity index (χ3n) is 7.30. The Balaban J connectivity index is 1.54. The molecule has 3 aliphatic heterocycles. The number of aliphatic hydroxyl groups excluding tert-OH is 10. The fourth-order valence-electron chi connectivity index (χ4n) is 4.96. The van der Waals surface area contributed by atoms with Crippen LogP contribution in [0, 0.1) is 10.1 Å². The van der Waals surface area contributed by atoms with Crippen molar-refractivity contribution in [2.75, 3.05) is 19.8 Å². The van der Waals surface area contributed by atoms with Crippen molar-refractivity contribution < 1.29 is 84.4 Å². The van der Waals surface area contributed by atoms with Crippen molar-refractivity contribution in [3.05, 3.63) is 34.4 Å². The molecular formula is C24H35NO18. The third kappa shape index (κ3) is 7.06. The predicted octanol–water partition coefficient (Wildman–Crippen LogP) is -5.58. The Kier molecular flexibility index (Phi) is 11.2. The minimum Gasteiger partial charge on any atom is -0.462 e.